The van der Waals surface area contributed by atoms with Gasteiger partial charge in [0, 0.05) is 28.2 Å². The van der Waals surface area contributed by atoms with Gasteiger partial charge >= 0.3 is 0 Å². The lowest BCUT2D eigenvalue weighted by molar-refractivity contribution is 0.551. The molecular formula is C15H18BrN3OS. The molecule has 0 atom stereocenters. The van der Waals surface area contributed by atoms with Crippen LogP contribution in [-0.4, -0.2) is 16.5 Å². The Labute approximate surface area is 136 Å². The largest absolute Gasteiger partial charge is 0.312 e. The van der Waals surface area contributed by atoms with Gasteiger partial charge in [-0.2, -0.15) is 0 Å². The van der Waals surface area contributed by atoms with Crippen molar-refractivity contribution < 1.29 is 0 Å². The number of halogens is 1. The molecule has 1 heterocycles. The van der Waals surface area contributed by atoms with Gasteiger partial charge in [-0.25, -0.2) is 4.98 Å². The number of aromatic amines is 1. The maximum atomic E-state index is 11.2. The summed E-state index contributed by atoms with van der Waals surface area (Å²) in [6.07, 6.45) is 1.51. The van der Waals surface area contributed by atoms with Crippen LogP contribution in [0.1, 0.15) is 19.4 Å². The third-order valence-electron chi connectivity index (χ3n) is 2.75. The average Bonchev–Trinajstić information content (AvgIpc) is 2.41. The predicted octanol–water partition coefficient (Wildman–Crippen LogP) is 3.43. The number of H-pyrrole nitrogens is 1. The first-order valence-corrected chi connectivity index (χ1v) is 8.38. The van der Waals surface area contributed by atoms with Crippen LogP contribution in [0.5, 0.6) is 0 Å². The summed E-state index contributed by atoms with van der Waals surface area (Å²) in [6, 6.07) is 7.57. The van der Waals surface area contributed by atoms with Crippen LogP contribution < -0.4 is 10.9 Å². The summed E-state index contributed by atoms with van der Waals surface area (Å²) in [5.41, 5.74) is 1.08. The lowest BCUT2D eigenvalue weighted by atomic mass is 10.2. The van der Waals surface area contributed by atoms with Gasteiger partial charge in [0.2, 0.25) is 0 Å². The summed E-state index contributed by atoms with van der Waals surface area (Å²) in [5, 5.41) is 4.02. The van der Waals surface area contributed by atoms with E-state index in [-0.39, 0.29) is 5.56 Å². The van der Waals surface area contributed by atoms with Gasteiger partial charge < -0.3 is 10.3 Å². The molecule has 2 rings (SSSR count). The van der Waals surface area contributed by atoms with Crippen LogP contribution in [0.25, 0.3) is 0 Å². The molecule has 0 unspecified atom stereocenters. The highest BCUT2D eigenvalue weighted by molar-refractivity contribution is 9.10. The number of nitrogens with one attached hydrogen (secondary N) is 2. The van der Waals surface area contributed by atoms with Crippen molar-refractivity contribution in [2.75, 3.05) is 6.54 Å². The first-order chi connectivity index (χ1) is 10.0. The van der Waals surface area contributed by atoms with Crippen molar-refractivity contribution in [3.8, 4) is 0 Å². The van der Waals surface area contributed by atoms with E-state index in [1.54, 1.807) is 0 Å². The van der Waals surface area contributed by atoms with Crippen LogP contribution in [-0.2, 0) is 6.54 Å². The predicted molar refractivity (Wildman–Crippen MR) is 89.7 cm³/mol. The molecule has 2 N–H and O–H groups in total. The van der Waals surface area contributed by atoms with Crippen LogP contribution in [0.2, 0.25) is 0 Å². The summed E-state index contributed by atoms with van der Waals surface area (Å²) < 4.78 is 1.06. The maximum Gasteiger partial charge on any atom is 0.251 e. The summed E-state index contributed by atoms with van der Waals surface area (Å²) in [6.45, 7) is 6.22. The Morgan fingerprint density at radius 1 is 1.38 bits per heavy atom. The van der Waals surface area contributed by atoms with Crippen LogP contribution in [0, 0.1) is 5.92 Å². The number of hydrogen-bond acceptors (Lipinski definition) is 4. The third-order valence-corrected chi connectivity index (χ3v) is 4.38. The molecule has 0 spiro atoms. The molecule has 0 saturated heterocycles. The molecule has 0 bridgehead atoms. The Kier molecular flexibility index (Phi) is 6.02. The van der Waals surface area contributed by atoms with E-state index in [0.717, 1.165) is 22.5 Å². The summed E-state index contributed by atoms with van der Waals surface area (Å²) in [5.74, 6) is 0.639. The highest BCUT2D eigenvalue weighted by atomic mass is 79.9. The molecule has 0 radical (unpaired) electrons. The number of hydrogen-bond donors (Lipinski definition) is 2. The van der Waals surface area contributed by atoms with E-state index in [9.17, 15) is 4.79 Å². The summed E-state index contributed by atoms with van der Waals surface area (Å²) in [4.78, 5) is 19.1. The highest BCUT2D eigenvalue weighted by Crippen LogP contribution is 2.28. The fraction of sp³-hybridized carbons (Fsp3) is 0.333. The van der Waals surface area contributed by atoms with Crippen molar-refractivity contribution in [1.82, 2.24) is 15.3 Å². The highest BCUT2D eigenvalue weighted by Gasteiger charge is 2.05. The second kappa shape index (κ2) is 7.77. The summed E-state index contributed by atoms with van der Waals surface area (Å²) in [7, 11) is 0. The van der Waals surface area contributed by atoms with E-state index in [1.807, 2.05) is 12.1 Å². The molecule has 0 saturated carbocycles. The lowest BCUT2D eigenvalue weighted by Crippen LogP contribution is -2.19. The van der Waals surface area contributed by atoms with Crippen LogP contribution in [0.4, 0.5) is 0 Å². The minimum absolute atomic E-state index is 0.138. The molecule has 2 aromatic rings. The SMILES string of the molecule is CC(C)CNCc1ccc(Sc2nccc(=O)[nH]2)cc1Br. The zero-order chi connectivity index (χ0) is 15.2. The van der Waals surface area contributed by atoms with E-state index < -0.39 is 0 Å². The Bertz CT molecular complexity index is 657. The van der Waals surface area contributed by atoms with Gasteiger partial charge in [0.05, 0.1) is 0 Å². The zero-order valence-corrected chi connectivity index (χ0v) is 14.4. The molecule has 1 aromatic carbocycles. The monoisotopic (exact) mass is 367 g/mol. The van der Waals surface area contributed by atoms with Crippen molar-refractivity contribution in [3.05, 3.63) is 50.9 Å². The Hall–Kier alpha value is -1.11. The molecule has 0 aliphatic heterocycles. The van der Waals surface area contributed by atoms with Crippen molar-refractivity contribution in [1.29, 1.82) is 0 Å². The Balaban J connectivity index is 2.03. The van der Waals surface area contributed by atoms with Crippen molar-refractivity contribution in [2.24, 2.45) is 5.92 Å². The van der Waals surface area contributed by atoms with Crippen molar-refractivity contribution in [3.63, 3.8) is 0 Å². The summed E-state index contributed by atoms with van der Waals surface area (Å²) >= 11 is 5.03. The second-order valence-electron chi connectivity index (χ2n) is 5.12. The van der Waals surface area contributed by atoms with Gasteiger partial charge in [-0.15, -0.1) is 0 Å². The van der Waals surface area contributed by atoms with Gasteiger partial charge in [-0.1, -0.05) is 47.6 Å². The quantitative estimate of drug-likeness (QED) is 0.767. The molecule has 0 amide bonds. The molecule has 6 heteroatoms. The molecule has 4 nitrogen and oxygen atoms in total. The molecule has 0 fully saturated rings. The van der Waals surface area contributed by atoms with E-state index in [4.69, 9.17) is 0 Å². The molecule has 0 aliphatic carbocycles. The Morgan fingerprint density at radius 2 is 2.19 bits per heavy atom. The molecule has 21 heavy (non-hydrogen) atoms. The number of rotatable bonds is 6. The second-order valence-corrected chi connectivity index (χ2v) is 7.04. The van der Waals surface area contributed by atoms with Crippen molar-refractivity contribution in [2.45, 2.75) is 30.4 Å². The smallest absolute Gasteiger partial charge is 0.251 e. The lowest BCUT2D eigenvalue weighted by Gasteiger charge is -2.10. The van der Waals surface area contributed by atoms with Gasteiger partial charge in [0.1, 0.15) is 0 Å². The molecule has 112 valence electrons. The van der Waals surface area contributed by atoms with Gasteiger partial charge in [0.25, 0.3) is 5.56 Å². The third kappa shape index (κ3) is 5.30. The minimum Gasteiger partial charge on any atom is -0.312 e. The fourth-order valence-electron chi connectivity index (χ4n) is 1.75. The maximum absolute atomic E-state index is 11.2. The number of benzene rings is 1. The molecular weight excluding hydrogens is 350 g/mol. The minimum atomic E-state index is -0.138. The number of nitrogens with zero attached hydrogens (tertiary/aromatic N) is 1. The van der Waals surface area contributed by atoms with E-state index in [1.165, 1.54) is 29.6 Å². The number of aromatic nitrogens is 2. The first kappa shape index (κ1) is 16.3. The van der Waals surface area contributed by atoms with E-state index in [0.29, 0.717) is 11.1 Å². The average molecular weight is 368 g/mol. The topological polar surface area (TPSA) is 57.8 Å². The fourth-order valence-corrected chi connectivity index (χ4v) is 3.22. The zero-order valence-electron chi connectivity index (χ0n) is 12.0. The standard InChI is InChI=1S/C15H18BrN3OS/c1-10(2)8-17-9-11-3-4-12(7-13(11)16)21-15-18-6-5-14(20)19-15/h3-7,10,17H,8-9H2,1-2H3,(H,18,19,20). The van der Waals surface area contributed by atoms with Crippen LogP contribution in [0.3, 0.4) is 0 Å². The van der Waals surface area contributed by atoms with Gasteiger partial charge in [-0.3, -0.25) is 4.79 Å². The van der Waals surface area contributed by atoms with Crippen molar-refractivity contribution >= 4 is 27.7 Å². The van der Waals surface area contributed by atoms with Crippen LogP contribution in [0.15, 0.2) is 49.8 Å². The normalized spacial score (nSPS) is 11.0. The molecule has 0 aliphatic rings. The van der Waals surface area contributed by atoms with Crippen LogP contribution >= 0.6 is 27.7 Å². The molecule has 1 aromatic heterocycles. The van der Waals surface area contributed by atoms with E-state index >= 15 is 0 Å². The first-order valence-electron chi connectivity index (χ1n) is 6.77. The van der Waals surface area contributed by atoms with Gasteiger partial charge in [0.15, 0.2) is 5.16 Å². The Morgan fingerprint density at radius 3 is 2.86 bits per heavy atom. The van der Waals surface area contributed by atoms with Gasteiger partial charge in [-0.05, 0) is 30.2 Å². The van der Waals surface area contributed by atoms with E-state index in [2.05, 4.69) is 51.1 Å².